The van der Waals surface area contributed by atoms with E-state index in [0.717, 1.165) is 4.47 Å². The zero-order valence-electron chi connectivity index (χ0n) is 6.71. The zero-order chi connectivity index (χ0) is 9.84. The van der Waals surface area contributed by atoms with E-state index in [-0.39, 0.29) is 6.42 Å². The molecule has 0 aliphatic rings. The molecule has 1 aromatic rings. The molecule has 0 unspecified atom stereocenters. The molecule has 0 saturated heterocycles. The summed E-state index contributed by atoms with van der Waals surface area (Å²) in [5.41, 5.74) is 7.14. The van der Waals surface area contributed by atoms with E-state index in [1.54, 1.807) is 12.1 Å². The Morgan fingerprint density at radius 2 is 2.08 bits per heavy atom. The lowest BCUT2D eigenvalue weighted by molar-refractivity contribution is 1.25. The van der Waals surface area contributed by atoms with Gasteiger partial charge in [0.1, 0.15) is 6.07 Å². The van der Waals surface area contributed by atoms with Gasteiger partial charge in [0.05, 0.1) is 23.7 Å². The Bertz CT molecular complexity index is 412. The molecule has 0 aromatic heterocycles. The summed E-state index contributed by atoms with van der Waals surface area (Å²) in [4.78, 5) is 0. The number of nitrogens with zero attached hydrogens (tertiary/aromatic N) is 2. The third-order valence-corrected chi connectivity index (χ3v) is 2.08. The first-order chi connectivity index (χ1) is 6.19. The molecule has 0 bridgehead atoms. The number of halogens is 1. The van der Waals surface area contributed by atoms with Gasteiger partial charge in [-0.3, -0.25) is 0 Å². The van der Waals surface area contributed by atoms with Gasteiger partial charge in [0.15, 0.2) is 0 Å². The second-order valence-corrected chi connectivity index (χ2v) is 3.39. The summed E-state index contributed by atoms with van der Waals surface area (Å²) in [7, 11) is 0. The Morgan fingerprint density at radius 3 is 2.62 bits per heavy atom. The average Bonchev–Trinajstić information content (AvgIpc) is 2.11. The maximum atomic E-state index is 8.70. The number of nitrogens with two attached hydrogens (primary N) is 1. The standard InChI is InChI=1S/C9H6BrN3/c10-8-3-6(1-2-11)9(13)7(4-8)5-12/h3-4H,1,13H2. The molecule has 1 rings (SSSR count). The molecule has 3 nitrogen and oxygen atoms in total. The lowest BCUT2D eigenvalue weighted by atomic mass is 10.1. The Labute approximate surface area is 84.5 Å². The van der Waals surface area contributed by atoms with Gasteiger partial charge in [0.25, 0.3) is 0 Å². The SMILES string of the molecule is N#CCc1cc(Br)cc(C#N)c1N. The van der Waals surface area contributed by atoms with Crippen LogP contribution in [-0.4, -0.2) is 0 Å². The molecule has 0 aliphatic heterocycles. The molecule has 0 heterocycles. The van der Waals surface area contributed by atoms with Gasteiger partial charge in [-0.05, 0) is 17.7 Å². The topological polar surface area (TPSA) is 73.6 Å². The first-order valence-electron chi connectivity index (χ1n) is 3.54. The second kappa shape index (κ2) is 3.93. The predicted octanol–water partition coefficient (Wildman–Crippen LogP) is 1.97. The Kier molecular flexibility index (Phi) is 2.89. The number of anilines is 1. The minimum Gasteiger partial charge on any atom is -0.397 e. The quantitative estimate of drug-likeness (QED) is 0.757. The lowest BCUT2D eigenvalue weighted by Crippen LogP contribution is -1.97. The Morgan fingerprint density at radius 1 is 1.38 bits per heavy atom. The summed E-state index contributed by atoms with van der Waals surface area (Å²) in [5.74, 6) is 0. The van der Waals surface area contributed by atoms with E-state index in [2.05, 4.69) is 15.9 Å². The van der Waals surface area contributed by atoms with Gasteiger partial charge in [-0.15, -0.1) is 0 Å². The molecule has 0 radical (unpaired) electrons. The molecule has 2 N–H and O–H groups in total. The maximum absolute atomic E-state index is 8.70. The van der Waals surface area contributed by atoms with E-state index >= 15 is 0 Å². The third-order valence-electron chi connectivity index (χ3n) is 1.62. The number of nitriles is 2. The van der Waals surface area contributed by atoms with Crippen molar-refractivity contribution in [3.63, 3.8) is 0 Å². The van der Waals surface area contributed by atoms with Crippen LogP contribution < -0.4 is 5.73 Å². The number of hydrogen-bond donors (Lipinski definition) is 1. The van der Waals surface area contributed by atoms with E-state index < -0.39 is 0 Å². The van der Waals surface area contributed by atoms with Crippen molar-refractivity contribution in [2.75, 3.05) is 5.73 Å². The highest BCUT2D eigenvalue weighted by Crippen LogP contribution is 2.23. The number of rotatable bonds is 1. The molecule has 0 aliphatic carbocycles. The largest absolute Gasteiger partial charge is 0.397 e. The van der Waals surface area contributed by atoms with E-state index in [9.17, 15) is 0 Å². The van der Waals surface area contributed by atoms with Crippen molar-refractivity contribution in [3.05, 3.63) is 27.7 Å². The van der Waals surface area contributed by atoms with Crippen LogP contribution >= 0.6 is 15.9 Å². The van der Waals surface area contributed by atoms with Crippen LogP contribution in [0.1, 0.15) is 11.1 Å². The first-order valence-corrected chi connectivity index (χ1v) is 4.33. The predicted molar refractivity (Wildman–Crippen MR) is 52.6 cm³/mol. The summed E-state index contributed by atoms with van der Waals surface area (Å²) in [5, 5.41) is 17.2. The van der Waals surface area contributed by atoms with Crippen molar-refractivity contribution in [2.24, 2.45) is 0 Å². The van der Waals surface area contributed by atoms with Crippen molar-refractivity contribution < 1.29 is 0 Å². The van der Waals surface area contributed by atoms with Crippen LogP contribution in [0.4, 0.5) is 5.69 Å². The van der Waals surface area contributed by atoms with Gasteiger partial charge in [-0.2, -0.15) is 10.5 Å². The molecule has 1 aromatic carbocycles. The normalized spacial score (nSPS) is 8.85. The van der Waals surface area contributed by atoms with Crippen LogP contribution in [0.15, 0.2) is 16.6 Å². The monoisotopic (exact) mass is 235 g/mol. The molecule has 0 atom stereocenters. The van der Waals surface area contributed by atoms with Gasteiger partial charge >= 0.3 is 0 Å². The number of benzene rings is 1. The van der Waals surface area contributed by atoms with Crippen LogP contribution in [-0.2, 0) is 6.42 Å². The van der Waals surface area contributed by atoms with Crippen LogP contribution in [0.25, 0.3) is 0 Å². The van der Waals surface area contributed by atoms with Crippen LogP contribution in [0.2, 0.25) is 0 Å². The summed E-state index contributed by atoms with van der Waals surface area (Å²) in [6, 6.07) is 7.35. The van der Waals surface area contributed by atoms with Crippen molar-refractivity contribution in [3.8, 4) is 12.1 Å². The first kappa shape index (κ1) is 9.57. The fourth-order valence-corrected chi connectivity index (χ4v) is 1.50. The Hall–Kier alpha value is -1.52. The van der Waals surface area contributed by atoms with Crippen molar-refractivity contribution in [1.29, 1.82) is 10.5 Å². The fraction of sp³-hybridized carbons (Fsp3) is 0.111. The van der Waals surface area contributed by atoms with Crippen molar-refractivity contribution in [1.82, 2.24) is 0 Å². The van der Waals surface area contributed by atoms with Crippen LogP contribution in [0.3, 0.4) is 0 Å². The van der Waals surface area contributed by atoms with Gasteiger partial charge in [0, 0.05) is 4.47 Å². The molecule has 0 saturated carbocycles. The average molecular weight is 236 g/mol. The smallest absolute Gasteiger partial charge is 0.101 e. The van der Waals surface area contributed by atoms with Gasteiger partial charge in [-0.25, -0.2) is 0 Å². The van der Waals surface area contributed by atoms with Gasteiger partial charge < -0.3 is 5.73 Å². The molecule has 0 fully saturated rings. The highest BCUT2D eigenvalue weighted by atomic mass is 79.9. The molecule has 13 heavy (non-hydrogen) atoms. The minimum absolute atomic E-state index is 0.222. The summed E-state index contributed by atoms with van der Waals surface area (Å²) < 4.78 is 0.767. The lowest BCUT2D eigenvalue weighted by Gasteiger charge is -2.03. The summed E-state index contributed by atoms with van der Waals surface area (Å²) >= 11 is 3.24. The highest BCUT2D eigenvalue weighted by molar-refractivity contribution is 9.10. The van der Waals surface area contributed by atoms with E-state index in [1.165, 1.54) is 0 Å². The van der Waals surface area contributed by atoms with Crippen LogP contribution in [0, 0.1) is 22.7 Å². The molecular formula is C9H6BrN3. The highest BCUT2D eigenvalue weighted by Gasteiger charge is 2.05. The van der Waals surface area contributed by atoms with E-state index in [1.807, 2.05) is 12.1 Å². The second-order valence-electron chi connectivity index (χ2n) is 2.47. The molecule has 0 spiro atoms. The number of hydrogen-bond acceptors (Lipinski definition) is 3. The van der Waals surface area contributed by atoms with Crippen LogP contribution in [0.5, 0.6) is 0 Å². The molecular weight excluding hydrogens is 230 g/mol. The molecule has 4 heteroatoms. The minimum atomic E-state index is 0.222. The summed E-state index contributed by atoms with van der Waals surface area (Å²) in [6.07, 6.45) is 0.222. The number of nitrogen functional groups attached to an aromatic ring is 1. The Balaban J connectivity index is 3.31. The van der Waals surface area contributed by atoms with Gasteiger partial charge in [-0.1, -0.05) is 15.9 Å². The van der Waals surface area contributed by atoms with E-state index in [4.69, 9.17) is 16.3 Å². The summed E-state index contributed by atoms with van der Waals surface area (Å²) in [6.45, 7) is 0. The zero-order valence-corrected chi connectivity index (χ0v) is 8.30. The van der Waals surface area contributed by atoms with Gasteiger partial charge in [0.2, 0.25) is 0 Å². The molecule has 64 valence electrons. The fourth-order valence-electron chi connectivity index (χ4n) is 0.998. The molecule has 0 amide bonds. The van der Waals surface area contributed by atoms with Crippen molar-refractivity contribution >= 4 is 21.6 Å². The van der Waals surface area contributed by atoms with E-state index in [0.29, 0.717) is 16.8 Å². The van der Waals surface area contributed by atoms with Crippen molar-refractivity contribution in [2.45, 2.75) is 6.42 Å². The third kappa shape index (κ3) is 1.99. The maximum Gasteiger partial charge on any atom is 0.101 e.